The Bertz CT molecular complexity index is 684. The van der Waals surface area contributed by atoms with Gasteiger partial charge in [-0.2, -0.15) is 0 Å². The highest BCUT2D eigenvalue weighted by Crippen LogP contribution is 2.35. The number of hydrogen-bond acceptors (Lipinski definition) is 4. The van der Waals surface area contributed by atoms with E-state index >= 15 is 0 Å². The summed E-state index contributed by atoms with van der Waals surface area (Å²) in [6.07, 6.45) is -0.621. The normalized spacial score (nSPS) is 13.8. The van der Waals surface area contributed by atoms with E-state index in [0.717, 1.165) is 0 Å². The van der Waals surface area contributed by atoms with Gasteiger partial charge in [0.15, 0.2) is 17.6 Å². The van der Waals surface area contributed by atoms with Gasteiger partial charge in [0, 0.05) is 16.7 Å². The predicted octanol–water partition coefficient (Wildman–Crippen LogP) is 3.72. The second-order valence-electron chi connectivity index (χ2n) is 4.65. The summed E-state index contributed by atoms with van der Waals surface area (Å²) in [6.45, 7) is 1.91. The van der Waals surface area contributed by atoms with Crippen molar-refractivity contribution in [3.8, 4) is 17.2 Å². The van der Waals surface area contributed by atoms with Crippen LogP contribution in [0.5, 0.6) is 17.2 Å². The van der Waals surface area contributed by atoms with Crippen molar-refractivity contribution in [1.82, 2.24) is 0 Å². The lowest BCUT2D eigenvalue weighted by molar-refractivity contribution is 0.0817. The van der Waals surface area contributed by atoms with E-state index in [2.05, 4.69) is 0 Å². The fraction of sp³-hybridized carbons (Fsp3) is 0.188. The molecule has 1 aliphatic heterocycles. The minimum atomic E-state index is -0.621. The highest BCUT2D eigenvalue weighted by molar-refractivity contribution is 6.31. The molecule has 1 aliphatic rings. The summed E-state index contributed by atoms with van der Waals surface area (Å²) < 4.78 is 16.2. The monoisotopic (exact) mass is 304 g/mol. The summed E-state index contributed by atoms with van der Waals surface area (Å²) in [6, 6.07) is 12.0. The number of Topliss-reactive ketones (excluding diaryl/α,β-unsaturated/α-hetero) is 1. The smallest absolute Gasteiger partial charge is 0.231 e. The van der Waals surface area contributed by atoms with E-state index in [1.807, 2.05) is 0 Å². The minimum Gasteiger partial charge on any atom is -0.482 e. The molecule has 1 unspecified atom stereocenters. The van der Waals surface area contributed by atoms with Gasteiger partial charge in [0.2, 0.25) is 12.6 Å². The third-order valence-electron chi connectivity index (χ3n) is 3.14. The van der Waals surface area contributed by atoms with Gasteiger partial charge in [-0.15, -0.1) is 0 Å². The number of carbonyl (C=O) groups is 1. The number of fused-ring (bicyclic) bond motifs is 1. The largest absolute Gasteiger partial charge is 0.482 e. The van der Waals surface area contributed by atoms with Crippen LogP contribution in [0.1, 0.15) is 17.3 Å². The summed E-state index contributed by atoms with van der Waals surface area (Å²) in [7, 11) is 0. The maximum atomic E-state index is 12.3. The highest BCUT2D eigenvalue weighted by Gasteiger charge is 2.19. The fourth-order valence-corrected chi connectivity index (χ4v) is 2.27. The van der Waals surface area contributed by atoms with Crippen LogP contribution in [0.2, 0.25) is 5.02 Å². The molecule has 0 saturated carbocycles. The van der Waals surface area contributed by atoms with Crippen LogP contribution in [-0.2, 0) is 0 Å². The predicted molar refractivity (Wildman–Crippen MR) is 78.4 cm³/mol. The van der Waals surface area contributed by atoms with E-state index in [1.54, 1.807) is 49.4 Å². The summed E-state index contributed by atoms with van der Waals surface area (Å²) >= 11 is 5.89. The van der Waals surface area contributed by atoms with E-state index in [9.17, 15) is 4.79 Å². The Kier molecular flexibility index (Phi) is 3.71. The molecular formula is C16H13ClO4. The molecule has 2 aromatic rings. The van der Waals surface area contributed by atoms with Gasteiger partial charge in [0.05, 0.1) is 0 Å². The van der Waals surface area contributed by atoms with Gasteiger partial charge in [-0.25, -0.2) is 0 Å². The highest BCUT2D eigenvalue weighted by atomic mass is 35.5. The number of rotatable bonds is 4. The number of benzene rings is 2. The first-order valence-electron chi connectivity index (χ1n) is 6.49. The van der Waals surface area contributed by atoms with E-state index in [4.69, 9.17) is 25.8 Å². The van der Waals surface area contributed by atoms with E-state index < -0.39 is 6.10 Å². The third kappa shape index (κ3) is 2.95. The van der Waals surface area contributed by atoms with Gasteiger partial charge in [-0.3, -0.25) is 4.79 Å². The van der Waals surface area contributed by atoms with Gasteiger partial charge >= 0.3 is 0 Å². The van der Waals surface area contributed by atoms with Crippen LogP contribution in [0.3, 0.4) is 0 Å². The quantitative estimate of drug-likeness (QED) is 0.808. The standard InChI is InChI=1S/C16H13ClO4/c1-10(16(18)11-3-2-4-12(17)7-11)21-13-5-6-14-15(8-13)20-9-19-14/h2-8,10H,9H2,1H3. The zero-order valence-corrected chi connectivity index (χ0v) is 12.1. The van der Waals surface area contributed by atoms with Gasteiger partial charge in [-0.1, -0.05) is 23.7 Å². The first-order valence-corrected chi connectivity index (χ1v) is 6.87. The lowest BCUT2D eigenvalue weighted by atomic mass is 10.1. The van der Waals surface area contributed by atoms with Crippen LogP contribution in [0.15, 0.2) is 42.5 Å². The molecule has 3 rings (SSSR count). The van der Waals surface area contributed by atoms with Crippen molar-refractivity contribution in [2.24, 2.45) is 0 Å². The number of hydrogen-bond donors (Lipinski definition) is 0. The first kappa shape index (κ1) is 13.8. The Hall–Kier alpha value is -2.20. The molecule has 0 saturated heterocycles. The molecule has 1 atom stereocenters. The molecule has 0 aromatic heterocycles. The topological polar surface area (TPSA) is 44.8 Å². The second kappa shape index (κ2) is 5.66. The van der Waals surface area contributed by atoms with Crippen LogP contribution in [0.4, 0.5) is 0 Å². The molecule has 0 radical (unpaired) electrons. The Morgan fingerprint density at radius 1 is 1.19 bits per heavy atom. The van der Waals surface area contributed by atoms with E-state index in [1.165, 1.54) is 0 Å². The minimum absolute atomic E-state index is 0.129. The molecule has 2 aromatic carbocycles. The third-order valence-corrected chi connectivity index (χ3v) is 3.37. The lowest BCUT2D eigenvalue weighted by Crippen LogP contribution is -2.23. The summed E-state index contributed by atoms with van der Waals surface area (Å²) in [5, 5.41) is 0.524. The molecule has 5 heteroatoms. The van der Waals surface area contributed by atoms with Crippen molar-refractivity contribution in [3.63, 3.8) is 0 Å². The summed E-state index contributed by atoms with van der Waals surface area (Å²) in [5.41, 5.74) is 0.524. The molecule has 0 fully saturated rings. The molecule has 1 heterocycles. The van der Waals surface area contributed by atoms with E-state index in [-0.39, 0.29) is 12.6 Å². The van der Waals surface area contributed by atoms with Gasteiger partial charge < -0.3 is 14.2 Å². The molecule has 0 spiro atoms. The maximum Gasteiger partial charge on any atom is 0.231 e. The van der Waals surface area contributed by atoms with E-state index in [0.29, 0.717) is 27.8 Å². The average molecular weight is 305 g/mol. The van der Waals surface area contributed by atoms with Crippen LogP contribution in [0, 0.1) is 0 Å². The SMILES string of the molecule is CC(Oc1ccc2c(c1)OCO2)C(=O)c1cccc(Cl)c1. The zero-order valence-electron chi connectivity index (χ0n) is 11.3. The number of carbonyl (C=O) groups excluding carboxylic acids is 1. The van der Waals surface area contributed by atoms with Crippen molar-refractivity contribution < 1.29 is 19.0 Å². The molecule has 0 aliphatic carbocycles. The molecule has 4 nitrogen and oxygen atoms in total. The molecule has 108 valence electrons. The van der Waals surface area contributed by atoms with Gasteiger partial charge in [0.25, 0.3) is 0 Å². The maximum absolute atomic E-state index is 12.3. The van der Waals surface area contributed by atoms with Crippen molar-refractivity contribution in [3.05, 3.63) is 53.1 Å². The van der Waals surface area contributed by atoms with Gasteiger partial charge in [0.1, 0.15) is 5.75 Å². The fourth-order valence-electron chi connectivity index (χ4n) is 2.08. The van der Waals surface area contributed by atoms with Crippen molar-refractivity contribution in [1.29, 1.82) is 0 Å². The van der Waals surface area contributed by atoms with Crippen molar-refractivity contribution in [2.45, 2.75) is 13.0 Å². The van der Waals surface area contributed by atoms with Crippen LogP contribution < -0.4 is 14.2 Å². The van der Waals surface area contributed by atoms with Crippen molar-refractivity contribution >= 4 is 17.4 Å². The first-order chi connectivity index (χ1) is 10.1. The lowest BCUT2D eigenvalue weighted by Gasteiger charge is -2.14. The Labute approximate surface area is 127 Å². The molecule has 21 heavy (non-hydrogen) atoms. The molecule has 0 amide bonds. The molecule has 0 N–H and O–H groups in total. The molecular weight excluding hydrogens is 292 g/mol. The average Bonchev–Trinajstić information content (AvgIpc) is 2.94. The summed E-state index contributed by atoms with van der Waals surface area (Å²) in [4.78, 5) is 12.3. The number of ether oxygens (including phenoxy) is 3. The van der Waals surface area contributed by atoms with Gasteiger partial charge in [-0.05, 0) is 31.2 Å². The zero-order chi connectivity index (χ0) is 14.8. The Morgan fingerprint density at radius 3 is 2.81 bits per heavy atom. The van der Waals surface area contributed by atoms with Crippen molar-refractivity contribution in [2.75, 3.05) is 6.79 Å². The Balaban J connectivity index is 1.74. The Morgan fingerprint density at radius 2 is 2.00 bits per heavy atom. The second-order valence-corrected chi connectivity index (χ2v) is 5.09. The van der Waals surface area contributed by atoms with Crippen LogP contribution >= 0.6 is 11.6 Å². The number of halogens is 1. The number of ketones is 1. The summed E-state index contributed by atoms with van der Waals surface area (Å²) in [5.74, 6) is 1.73. The van der Waals surface area contributed by atoms with Crippen LogP contribution in [-0.4, -0.2) is 18.7 Å². The van der Waals surface area contributed by atoms with Crippen LogP contribution in [0.25, 0.3) is 0 Å². The molecule has 0 bridgehead atoms.